The first kappa shape index (κ1) is 9.65. The molecule has 2 rings (SSSR count). The number of hydrogen-bond donors (Lipinski definition) is 1. The Morgan fingerprint density at radius 3 is 2.79 bits per heavy atom. The molecular formula is C10H14N2OS. The molecule has 0 saturated heterocycles. The van der Waals surface area contributed by atoms with Crippen molar-refractivity contribution in [2.75, 3.05) is 5.32 Å². The van der Waals surface area contributed by atoms with Gasteiger partial charge in [0.05, 0.1) is 11.3 Å². The molecule has 0 spiro atoms. The maximum Gasteiger partial charge on any atom is 0.164 e. The van der Waals surface area contributed by atoms with Gasteiger partial charge in [-0.15, -0.1) is 0 Å². The van der Waals surface area contributed by atoms with Gasteiger partial charge in [-0.25, -0.2) is 0 Å². The Morgan fingerprint density at radius 1 is 1.64 bits per heavy atom. The number of nitrogens with one attached hydrogen (secondary N) is 1. The van der Waals surface area contributed by atoms with E-state index in [1.165, 1.54) is 18.0 Å². The topological polar surface area (TPSA) is 42.0 Å². The van der Waals surface area contributed by atoms with Crippen LogP contribution in [-0.4, -0.2) is 16.2 Å². The van der Waals surface area contributed by atoms with Crippen molar-refractivity contribution in [2.45, 2.75) is 33.2 Å². The fourth-order valence-corrected chi connectivity index (χ4v) is 2.48. The second-order valence-electron chi connectivity index (χ2n) is 3.99. The highest BCUT2D eigenvalue weighted by atomic mass is 32.1. The average molecular weight is 210 g/mol. The Kier molecular flexibility index (Phi) is 2.31. The molecule has 0 aromatic carbocycles. The third kappa shape index (κ3) is 1.66. The van der Waals surface area contributed by atoms with E-state index in [2.05, 4.69) is 16.6 Å². The number of carbonyl (C=O) groups excluding carboxylic acids is 1. The zero-order chi connectivity index (χ0) is 10.3. The first-order chi connectivity index (χ1) is 6.59. The first-order valence-electron chi connectivity index (χ1n) is 4.83. The normalized spacial score (nSPS) is 24.8. The Balaban J connectivity index is 2.20. The van der Waals surface area contributed by atoms with Crippen LogP contribution < -0.4 is 5.32 Å². The second-order valence-corrected chi connectivity index (χ2v) is 4.77. The summed E-state index contributed by atoms with van der Waals surface area (Å²) in [5.74, 6) is 0.837. The molecule has 1 aromatic heterocycles. The fraction of sp³-hybridized carbons (Fsp3) is 0.600. The van der Waals surface area contributed by atoms with E-state index in [0.29, 0.717) is 6.04 Å². The lowest BCUT2D eigenvalue weighted by atomic mass is 10.2. The van der Waals surface area contributed by atoms with Gasteiger partial charge in [0.15, 0.2) is 5.78 Å². The Labute approximate surface area is 87.7 Å². The smallest absolute Gasteiger partial charge is 0.164 e. The van der Waals surface area contributed by atoms with Crippen molar-refractivity contribution in [3.05, 3.63) is 11.3 Å². The van der Waals surface area contributed by atoms with Gasteiger partial charge in [-0.3, -0.25) is 4.79 Å². The molecule has 0 radical (unpaired) electrons. The monoisotopic (exact) mass is 210 g/mol. The molecular weight excluding hydrogens is 196 g/mol. The van der Waals surface area contributed by atoms with Crippen LogP contribution in [0.25, 0.3) is 0 Å². The molecule has 1 N–H and O–H groups in total. The molecule has 2 unspecified atom stereocenters. The van der Waals surface area contributed by atoms with Crippen LogP contribution in [0.15, 0.2) is 0 Å². The number of aryl methyl sites for hydroxylation is 1. The van der Waals surface area contributed by atoms with Crippen LogP contribution in [0.5, 0.6) is 0 Å². The number of hydrogen-bond acceptors (Lipinski definition) is 4. The van der Waals surface area contributed by atoms with E-state index < -0.39 is 0 Å². The van der Waals surface area contributed by atoms with Gasteiger partial charge in [-0.2, -0.15) is 4.37 Å². The standard InChI is InChI=1S/C10H14N2OS/c1-5-4-8(5)11-10-9(7(3)13)6(2)12-14-10/h5,8,11H,4H2,1-3H3. The highest BCUT2D eigenvalue weighted by molar-refractivity contribution is 7.10. The van der Waals surface area contributed by atoms with Gasteiger partial charge in [0.1, 0.15) is 5.00 Å². The van der Waals surface area contributed by atoms with Gasteiger partial charge >= 0.3 is 0 Å². The molecule has 14 heavy (non-hydrogen) atoms. The van der Waals surface area contributed by atoms with Crippen molar-refractivity contribution in [1.29, 1.82) is 0 Å². The zero-order valence-corrected chi connectivity index (χ0v) is 9.44. The molecule has 1 heterocycles. The summed E-state index contributed by atoms with van der Waals surface area (Å²) in [7, 11) is 0. The minimum absolute atomic E-state index is 0.104. The minimum atomic E-state index is 0.104. The number of nitrogens with zero attached hydrogens (tertiary/aromatic N) is 1. The van der Waals surface area contributed by atoms with E-state index in [-0.39, 0.29) is 5.78 Å². The first-order valence-corrected chi connectivity index (χ1v) is 5.60. The zero-order valence-electron chi connectivity index (χ0n) is 8.63. The van der Waals surface area contributed by atoms with Crippen LogP contribution >= 0.6 is 11.5 Å². The van der Waals surface area contributed by atoms with Gasteiger partial charge < -0.3 is 5.32 Å². The quantitative estimate of drug-likeness (QED) is 0.779. The molecule has 4 heteroatoms. The van der Waals surface area contributed by atoms with Crippen LogP contribution in [0.1, 0.15) is 36.3 Å². The number of Topliss-reactive ketones (excluding diaryl/α,β-unsaturated/α-hetero) is 1. The third-order valence-corrected chi connectivity index (χ3v) is 3.51. The fourth-order valence-electron chi connectivity index (χ4n) is 1.57. The summed E-state index contributed by atoms with van der Waals surface area (Å²) in [6.07, 6.45) is 1.20. The Morgan fingerprint density at radius 2 is 2.29 bits per heavy atom. The van der Waals surface area contributed by atoms with Crippen LogP contribution in [0, 0.1) is 12.8 Å². The molecule has 0 aliphatic heterocycles. The van der Waals surface area contributed by atoms with Gasteiger partial charge in [-0.05, 0) is 37.7 Å². The van der Waals surface area contributed by atoms with Crippen molar-refractivity contribution in [3.8, 4) is 0 Å². The van der Waals surface area contributed by atoms with Crippen molar-refractivity contribution >= 4 is 22.3 Å². The molecule has 3 nitrogen and oxygen atoms in total. The summed E-state index contributed by atoms with van der Waals surface area (Å²) in [5.41, 5.74) is 1.62. The van der Waals surface area contributed by atoms with E-state index in [1.807, 2.05) is 6.92 Å². The van der Waals surface area contributed by atoms with Gasteiger partial charge in [0.2, 0.25) is 0 Å². The lowest BCUT2D eigenvalue weighted by Gasteiger charge is -2.02. The number of rotatable bonds is 3. The van der Waals surface area contributed by atoms with E-state index in [1.54, 1.807) is 6.92 Å². The summed E-state index contributed by atoms with van der Waals surface area (Å²) in [5, 5.41) is 4.32. The molecule has 1 aliphatic carbocycles. The van der Waals surface area contributed by atoms with Crippen LogP contribution in [0.4, 0.5) is 5.00 Å². The summed E-state index contributed by atoms with van der Waals surface area (Å²) in [4.78, 5) is 11.4. The number of aromatic nitrogens is 1. The maximum atomic E-state index is 11.4. The van der Waals surface area contributed by atoms with Crippen molar-refractivity contribution in [1.82, 2.24) is 4.37 Å². The molecule has 1 saturated carbocycles. The predicted molar refractivity (Wildman–Crippen MR) is 58.0 cm³/mol. The van der Waals surface area contributed by atoms with Gasteiger partial charge in [0.25, 0.3) is 0 Å². The molecule has 1 fully saturated rings. The lowest BCUT2D eigenvalue weighted by molar-refractivity contribution is 0.101. The highest BCUT2D eigenvalue weighted by Gasteiger charge is 2.33. The van der Waals surface area contributed by atoms with E-state index in [4.69, 9.17) is 0 Å². The average Bonchev–Trinajstić information content (AvgIpc) is 2.62. The largest absolute Gasteiger partial charge is 0.372 e. The Hall–Kier alpha value is -0.900. The SMILES string of the molecule is CC(=O)c1c(C)nsc1NC1CC1C. The van der Waals surface area contributed by atoms with E-state index in [9.17, 15) is 4.79 Å². The van der Waals surface area contributed by atoms with Crippen LogP contribution in [0.2, 0.25) is 0 Å². The van der Waals surface area contributed by atoms with Gasteiger partial charge in [-0.1, -0.05) is 6.92 Å². The van der Waals surface area contributed by atoms with Crippen LogP contribution in [0.3, 0.4) is 0 Å². The number of ketones is 1. The van der Waals surface area contributed by atoms with Crippen molar-refractivity contribution < 1.29 is 4.79 Å². The Bertz CT molecular complexity index is 372. The van der Waals surface area contributed by atoms with E-state index in [0.717, 1.165) is 22.2 Å². The minimum Gasteiger partial charge on any atom is -0.372 e. The summed E-state index contributed by atoms with van der Waals surface area (Å²) >= 11 is 1.39. The molecule has 0 bridgehead atoms. The molecule has 76 valence electrons. The van der Waals surface area contributed by atoms with Crippen LogP contribution in [-0.2, 0) is 0 Å². The molecule has 1 aliphatic rings. The summed E-state index contributed by atoms with van der Waals surface area (Å²) < 4.78 is 4.20. The van der Waals surface area contributed by atoms with Crippen molar-refractivity contribution in [2.24, 2.45) is 5.92 Å². The predicted octanol–water partition coefficient (Wildman–Crippen LogP) is 2.47. The lowest BCUT2D eigenvalue weighted by Crippen LogP contribution is -2.06. The maximum absolute atomic E-state index is 11.4. The molecule has 2 atom stereocenters. The highest BCUT2D eigenvalue weighted by Crippen LogP contribution is 2.35. The third-order valence-electron chi connectivity index (χ3n) is 2.64. The summed E-state index contributed by atoms with van der Waals surface area (Å²) in [6.45, 7) is 5.69. The second kappa shape index (κ2) is 3.35. The number of carbonyl (C=O) groups is 1. The van der Waals surface area contributed by atoms with Gasteiger partial charge in [0, 0.05) is 6.04 Å². The molecule has 1 aromatic rings. The summed E-state index contributed by atoms with van der Waals surface area (Å²) in [6, 6.07) is 0.549. The number of anilines is 1. The van der Waals surface area contributed by atoms with E-state index >= 15 is 0 Å². The van der Waals surface area contributed by atoms with Crippen molar-refractivity contribution in [3.63, 3.8) is 0 Å². The molecule has 0 amide bonds.